The molecule has 0 saturated heterocycles. The van der Waals surface area contributed by atoms with Crippen LogP contribution >= 0.6 is 0 Å². The number of carbonyl (C=O) groups is 2. The summed E-state index contributed by atoms with van der Waals surface area (Å²) in [5, 5.41) is 0. The zero-order chi connectivity index (χ0) is 10.9. The third-order valence-corrected chi connectivity index (χ3v) is 1.47. The maximum atomic E-state index is 12.6. The highest BCUT2D eigenvalue weighted by Crippen LogP contribution is 2.16. The SMILES string of the molecule is CC(C)(C)OC(=O)N1CC(F)=CC1=O. The van der Waals surface area contributed by atoms with Gasteiger partial charge in [0.25, 0.3) is 5.91 Å². The summed E-state index contributed by atoms with van der Waals surface area (Å²) in [4.78, 5) is 23.0. The van der Waals surface area contributed by atoms with Crippen LogP contribution in [0, 0.1) is 0 Å². The Morgan fingerprint density at radius 3 is 2.50 bits per heavy atom. The fourth-order valence-corrected chi connectivity index (χ4v) is 0.958. The number of hydrogen-bond acceptors (Lipinski definition) is 3. The predicted molar refractivity (Wildman–Crippen MR) is 47.1 cm³/mol. The van der Waals surface area contributed by atoms with Gasteiger partial charge in [-0.25, -0.2) is 14.1 Å². The van der Waals surface area contributed by atoms with Crippen molar-refractivity contribution in [3.8, 4) is 0 Å². The van der Waals surface area contributed by atoms with Crippen LogP contribution in [0.1, 0.15) is 20.8 Å². The molecule has 1 heterocycles. The molecule has 0 unspecified atom stereocenters. The van der Waals surface area contributed by atoms with Crippen molar-refractivity contribution in [2.45, 2.75) is 26.4 Å². The Bertz CT molecular complexity index is 304. The summed E-state index contributed by atoms with van der Waals surface area (Å²) in [6, 6.07) is 0. The first-order valence-electron chi connectivity index (χ1n) is 4.20. The predicted octanol–water partition coefficient (Wildman–Crippen LogP) is 1.62. The monoisotopic (exact) mass is 201 g/mol. The summed E-state index contributed by atoms with van der Waals surface area (Å²) < 4.78 is 17.5. The second-order valence-corrected chi connectivity index (χ2v) is 4.00. The van der Waals surface area contributed by atoms with E-state index in [1.165, 1.54) is 0 Å². The number of carbonyl (C=O) groups excluding carboxylic acids is 2. The Kier molecular flexibility index (Phi) is 2.59. The summed E-state index contributed by atoms with van der Waals surface area (Å²) in [6.45, 7) is 4.70. The summed E-state index contributed by atoms with van der Waals surface area (Å²) >= 11 is 0. The maximum absolute atomic E-state index is 12.6. The highest BCUT2D eigenvalue weighted by molar-refractivity contribution is 6.01. The van der Waals surface area contributed by atoms with E-state index in [4.69, 9.17) is 4.74 Å². The molecule has 1 rings (SSSR count). The summed E-state index contributed by atoms with van der Waals surface area (Å²) in [6.07, 6.45) is -0.0319. The van der Waals surface area contributed by atoms with Crippen molar-refractivity contribution in [2.24, 2.45) is 0 Å². The van der Waals surface area contributed by atoms with Crippen molar-refractivity contribution < 1.29 is 18.7 Å². The number of halogens is 1. The summed E-state index contributed by atoms with van der Waals surface area (Å²) in [5.74, 6) is -1.29. The van der Waals surface area contributed by atoms with E-state index in [-0.39, 0.29) is 6.54 Å². The van der Waals surface area contributed by atoms with Crippen molar-refractivity contribution >= 4 is 12.0 Å². The first kappa shape index (κ1) is 10.7. The summed E-state index contributed by atoms with van der Waals surface area (Å²) in [7, 11) is 0. The average Bonchev–Trinajstić information content (AvgIpc) is 2.26. The molecule has 4 nitrogen and oxygen atoms in total. The fraction of sp³-hybridized carbons (Fsp3) is 0.556. The quantitative estimate of drug-likeness (QED) is 0.598. The Hall–Kier alpha value is -1.39. The van der Waals surface area contributed by atoms with E-state index >= 15 is 0 Å². The van der Waals surface area contributed by atoms with Crippen LogP contribution in [0.15, 0.2) is 11.9 Å². The minimum atomic E-state index is -0.814. The van der Waals surface area contributed by atoms with Crippen LogP contribution in [0.4, 0.5) is 9.18 Å². The van der Waals surface area contributed by atoms with Gasteiger partial charge in [0.15, 0.2) is 0 Å². The van der Waals surface area contributed by atoms with Gasteiger partial charge in [0, 0.05) is 6.08 Å². The van der Waals surface area contributed by atoms with E-state index in [2.05, 4.69) is 0 Å². The Balaban J connectivity index is 2.61. The van der Waals surface area contributed by atoms with Gasteiger partial charge in [-0.1, -0.05) is 0 Å². The molecule has 0 atom stereocenters. The fourth-order valence-electron chi connectivity index (χ4n) is 0.958. The number of rotatable bonds is 0. The molecular formula is C9H12FNO3. The van der Waals surface area contributed by atoms with Crippen LogP contribution in [0.3, 0.4) is 0 Å². The van der Waals surface area contributed by atoms with Gasteiger partial charge in [0.05, 0.1) is 6.54 Å². The van der Waals surface area contributed by atoms with Crippen LogP contribution in [0.2, 0.25) is 0 Å². The lowest BCUT2D eigenvalue weighted by Gasteiger charge is -2.23. The highest BCUT2D eigenvalue weighted by Gasteiger charge is 2.31. The van der Waals surface area contributed by atoms with Gasteiger partial charge >= 0.3 is 6.09 Å². The van der Waals surface area contributed by atoms with Crippen LogP contribution in [0.25, 0.3) is 0 Å². The lowest BCUT2D eigenvalue weighted by atomic mass is 10.2. The van der Waals surface area contributed by atoms with Crippen LogP contribution in [-0.4, -0.2) is 29.0 Å². The first-order valence-corrected chi connectivity index (χ1v) is 4.20. The van der Waals surface area contributed by atoms with Crippen molar-refractivity contribution in [1.29, 1.82) is 0 Å². The molecule has 0 spiro atoms. The van der Waals surface area contributed by atoms with Gasteiger partial charge in [-0.05, 0) is 20.8 Å². The largest absolute Gasteiger partial charge is 0.443 e. The molecule has 14 heavy (non-hydrogen) atoms. The third-order valence-electron chi connectivity index (χ3n) is 1.47. The Morgan fingerprint density at radius 2 is 2.14 bits per heavy atom. The van der Waals surface area contributed by atoms with E-state index in [0.717, 1.165) is 11.0 Å². The van der Waals surface area contributed by atoms with Gasteiger partial charge in [0.1, 0.15) is 11.4 Å². The zero-order valence-electron chi connectivity index (χ0n) is 8.33. The van der Waals surface area contributed by atoms with E-state index in [9.17, 15) is 14.0 Å². The Morgan fingerprint density at radius 1 is 1.57 bits per heavy atom. The van der Waals surface area contributed by atoms with Gasteiger partial charge < -0.3 is 4.74 Å². The number of ether oxygens (including phenoxy) is 1. The lowest BCUT2D eigenvalue weighted by molar-refractivity contribution is -0.123. The smallest absolute Gasteiger partial charge is 0.417 e. The van der Waals surface area contributed by atoms with Gasteiger partial charge in [-0.3, -0.25) is 4.79 Å². The molecule has 0 aliphatic carbocycles. The van der Waals surface area contributed by atoms with Gasteiger partial charge in [-0.2, -0.15) is 0 Å². The van der Waals surface area contributed by atoms with E-state index in [1.807, 2.05) is 0 Å². The molecule has 78 valence electrons. The first-order chi connectivity index (χ1) is 6.29. The molecule has 0 N–H and O–H groups in total. The topological polar surface area (TPSA) is 46.6 Å². The molecule has 0 aromatic heterocycles. The molecule has 1 aliphatic heterocycles. The minimum absolute atomic E-state index is 0.326. The number of imide groups is 1. The minimum Gasteiger partial charge on any atom is -0.443 e. The summed E-state index contributed by atoms with van der Waals surface area (Å²) in [5.41, 5.74) is -0.684. The molecule has 0 fully saturated rings. The molecule has 0 aromatic carbocycles. The van der Waals surface area contributed by atoms with Crippen molar-refractivity contribution in [2.75, 3.05) is 6.54 Å². The van der Waals surface area contributed by atoms with Crippen molar-refractivity contribution in [1.82, 2.24) is 4.90 Å². The zero-order valence-corrected chi connectivity index (χ0v) is 8.33. The molecule has 1 aliphatic rings. The van der Waals surface area contributed by atoms with Crippen molar-refractivity contribution in [3.63, 3.8) is 0 Å². The van der Waals surface area contributed by atoms with E-state index in [1.54, 1.807) is 20.8 Å². The van der Waals surface area contributed by atoms with E-state index in [0.29, 0.717) is 0 Å². The molecule has 5 heteroatoms. The number of hydrogen-bond donors (Lipinski definition) is 0. The molecule has 0 saturated carbocycles. The maximum Gasteiger partial charge on any atom is 0.417 e. The van der Waals surface area contributed by atoms with E-state index < -0.39 is 23.4 Å². The number of amides is 2. The second-order valence-electron chi connectivity index (χ2n) is 4.00. The molecule has 2 amide bonds. The average molecular weight is 201 g/mol. The molecule has 0 radical (unpaired) electrons. The number of nitrogens with zero attached hydrogens (tertiary/aromatic N) is 1. The normalized spacial score (nSPS) is 17.0. The molecular weight excluding hydrogens is 189 g/mol. The molecule has 0 bridgehead atoms. The molecule has 0 aromatic rings. The second kappa shape index (κ2) is 3.40. The highest BCUT2D eigenvalue weighted by atomic mass is 19.1. The van der Waals surface area contributed by atoms with Crippen LogP contribution in [0.5, 0.6) is 0 Å². The lowest BCUT2D eigenvalue weighted by Crippen LogP contribution is -2.38. The van der Waals surface area contributed by atoms with Crippen LogP contribution < -0.4 is 0 Å². The van der Waals surface area contributed by atoms with Gasteiger partial charge in [-0.15, -0.1) is 0 Å². The van der Waals surface area contributed by atoms with Gasteiger partial charge in [0.2, 0.25) is 0 Å². The standard InChI is InChI=1S/C9H12FNO3/c1-9(2,3)14-8(13)11-5-6(10)4-7(11)12/h4H,5H2,1-3H3. The van der Waals surface area contributed by atoms with Crippen LogP contribution in [-0.2, 0) is 9.53 Å². The third kappa shape index (κ3) is 2.55. The Labute approximate surface area is 81.3 Å². The van der Waals surface area contributed by atoms with Crippen molar-refractivity contribution in [3.05, 3.63) is 11.9 Å².